The van der Waals surface area contributed by atoms with E-state index >= 15 is 0 Å². The molecule has 3 aromatic rings. The number of piperidine rings is 1. The minimum absolute atomic E-state index is 0.0108. The Morgan fingerprint density at radius 2 is 1.77 bits per heavy atom. The highest BCUT2D eigenvalue weighted by atomic mass is 16.5. The van der Waals surface area contributed by atoms with Crippen LogP contribution in [0.15, 0.2) is 66.9 Å². The standard InChI is InChI=1S/C26H29N3O2/c1-19-6-9-23(10-7-19)28-26(30)29-14-12-21(13-15-29)16-22-4-3-5-24(17-22)31-25-11-8-20(2)18-27-25/h3-11,17-18,21H,12-16H2,1-2H3,(H,28,30). The second-order valence-electron chi connectivity index (χ2n) is 8.35. The van der Waals surface area contributed by atoms with Gasteiger partial charge < -0.3 is 15.0 Å². The average molecular weight is 416 g/mol. The van der Waals surface area contributed by atoms with Crippen molar-refractivity contribution < 1.29 is 9.53 Å². The van der Waals surface area contributed by atoms with Crippen molar-refractivity contribution in [1.82, 2.24) is 9.88 Å². The van der Waals surface area contributed by atoms with Gasteiger partial charge in [-0.15, -0.1) is 0 Å². The van der Waals surface area contributed by atoms with E-state index in [1.165, 1.54) is 11.1 Å². The third-order valence-corrected chi connectivity index (χ3v) is 5.73. The fourth-order valence-corrected chi connectivity index (χ4v) is 3.88. The molecule has 1 N–H and O–H groups in total. The predicted molar refractivity (Wildman–Crippen MR) is 124 cm³/mol. The molecule has 1 aliphatic heterocycles. The first-order chi connectivity index (χ1) is 15.0. The summed E-state index contributed by atoms with van der Waals surface area (Å²) in [5.41, 5.74) is 4.40. The van der Waals surface area contributed by atoms with Gasteiger partial charge in [0.25, 0.3) is 0 Å². The van der Waals surface area contributed by atoms with Crippen molar-refractivity contribution in [2.75, 3.05) is 18.4 Å². The summed E-state index contributed by atoms with van der Waals surface area (Å²) in [4.78, 5) is 18.8. The number of likely N-dealkylation sites (tertiary alicyclic amines) is 1. The van der Waals surface area contributed by atoms with E-state index in [4.69, 9.17) is 4.74 Å². The van der Waals surface area contributed by atoms with Gasteiger partial charge >= 0.3 is 6.03 Å². The molecule has 0 unspecified atom stereocenters. The number of urea groups is 1. The smallest absolute Gasteiger partial charge is 0.321 e. The number of aromatic nitrogens is 1. The molecular weight excluding hydrogens is 386 g/mol. The number of pyridine rings is 1. The Morgan fingerprint density at radius 1 is 1.03 bits per heavy atom. The van der Waals surface area contributed by atoms with Crippen LogP contribution in [0.25, 0.3) is 0 Å². The third kappa shape index (κ3) is 5.85. The fourth-order valence-electron chi connectivity index (χ4n) is 3.88. The lowest BCUT2D eigenvalue weighted by Gasteiger charge is -2.32. The number of ether oxygens (including phenoxy) is 1. The van der Waals surface area contributed by atoms with Crippen LogP contribution < -0.4 is 10.1 Å². The highest BCUT2D eigenvalue weighted by Gasteiger charge is 2.23. The second kappa shape index (κ2) is 9.65. The van der Waals surface area contributed by atoms with E-state index in [0.717, 1.165) is 49.4 Å². The minimum Gasteiger partial charge on any atom is -0.439 e. The summed E-state index contributed by atoms with van der Waals surface area (Å²) in [7, 11) is 0. The molecule has 1 saturated heterocycles. The molecular formula is C26H29N3O2. The van der Waals surface area contributed by atoms with E-state index < -0.39 is 0 Å². The van der Waals surface area contributed by atoms with Gasteiger partial charge in [-0.3, -0.25) is 0 Å². The van der Waals surface area contributed by atoms with Crippen LogP contribution in [0.5, 0.6) is 11.6 Å². The van der Waals surface area contributed by atoms with Crippen molar-refractivity contribution in [3.05, 3.63) is 83.6 Å². The van der Waals surface area contributed by atoms with E-state index in [1.807, 2.05) is 73.5 Å². The van der Waals surface area contributed by atoms with Crippen LogP contribution in [0.1, 0.15) is 29.5 Å². The lowest BCUT2D eigenvalue weighted by atomic mass is 9.90. The number of amides is 2. The van der Waals surface area contributed by atoms with Crippen molar-refractivity contribution in [3.63, 3.8) is 0 Å². The lowest BCUT2D eigenvalue weighted by molar-refractivity contribution is 0.182. The predicted octanol–water partition coefficient (Wildman–Crippen LogP) is 5.98. The molecule has 0 spiro atoms. The molecule has 0 radical (unpaired) electrons. The highest BCUT2D eigenvalue weighted by Crippen LogP contribution is 2.26. The summed E-state index contributed by atoms with van der Waals surface area (Å²) >= 11 is 0. The quantitative estimate of drug-likeness (QED) is 0.558. The molecule has 4 rings (SSSR count). The number of hydrogen-bond acceptors (Lipinski definition) is 3. The number of nitrogens with one attached hydrogen (secondary N) is 1. The van der Waals surface area contributed by atoms with Gasteiger partial charge in [0, 0.05) is 31.0 Å². The monoisotopic (exact) mass is 415 g/mol. The number of nitrogens with zero attached hydrogens (tertiary/aromatic N) is 2. The zero-order valence-corrected chi connectivity index (χ0v) is 18.2. The maximum Gasteiger partial charge on any atom is 0.321 e. The summed E-state index contributed by atoms with van der Waals surface area (Å²) in [5, 5.41) is 3.00. The Morgan fingerprint density at radius 3 is 2.48 bits per heavy atom. The van der Waals surface area contributed by atoms with Crippen LogP contribution in [0, 0.1) is 19.8 Å². The fraction of sp³-hybridized carbons (Fsp3) is 0.308. The number of carbonyl (C=O) groups is 1. The van der Waals surface area contributed by atoms with Crippen molar-refractivity contribution in [1.29, 1.82) is 0 Å². The number of aryl methyl sites for hydroxylation is 2. The Bertz CT molecular complexity index is 1010. The van der Waals surface area contributed by atoms with Crippen LogP contribution >= 0.6 is 0 Å². The van der Waals surface area contributed by atoms with Crippen LogP contribution in [0.4, 0.5) is 10.5 Å². The first-order valence-electron chi connectivity index (χ1n) is 10.9. The maximum absolute atomic E-state index is 12.5. The number of carbonyl (C=O) groups excluding carboxylic acids is 1. The first-order valence-corrected chi connectivity index (χ1v) is 10.9. The van der Waals surface area contributed by atoms with E-state index in [-0.39, 0.29) is 6.03 Å². The zero-order valence-electron chi connectivity index (χ0n) is 18.2. The molecule has 160 valence electrons. The number of benzene rings is 2. The minimum atomic E-state index is -0.0108. The van der Waals surface area contributed by atoms with Gasteiger partial charge in [-0.25, -0.2) is 9.78 Å². The van der Waals surface area contributed by atoms with Crippen molar-refractivity contribution >= 4 is 11.7 Å². The molecule has 2 aromatic carbocycles. The number of hydrogen-bond donors (Lipinski definition) is 1. The maximum atomic E-state index is 12.5. The van der Waals surface area contributed by atoms with Crippen molar-refractivity contribution in [2.45, 2.75) is 33.1 Å². The molecule has 5 nitrogen and oxygen atoms in total. The van der Waals surface area contributed by atoms with Crippen LogP contribution in [0.3, 0.4) is 0 Å². The number of rotatable bonds is 5. The summed E-state index contributed by atoms with van der Waals surface area (Å²) in [6.07, 6.45) is 4.81. The van der Waals surface area contributed by atoms with Crippen molar-refractivity contribution in [2.24, 2.45) is 5.92 Å². The van der Waals surface area contributed by atoms with Gasteiger partial charge in [0.15, 0.2) is 0 Å². The first kappa shape index (κ1) is 20.9. The molecule has 2 amide bonds. The van der Waals surface area contributed by atoms with Crippen molar-refractivity contribution in [3.8, 4) is 11.6 Å². The topological polar surface area (TPSA) is 54.5 Å². The molecule has 1 aliphatic rings. The Kier molecular flexibility index (Phi) is 6.51. The van der Waals surface area contributed by atoms with Gasteiger partial charge in [-0.2, -0.15) is 0 Å². The molecule has 5 heteroatoms. The molecule has 31 heavy (non-hydrogen) atoms. The van der Waals surface area contributed by atoms with Gasteiger partial charge in [0.05, 0.1) is 0 Å². The van der Waals surface area contributed by atoms with E-state index in [9.17, 15) is 4.79 Å². The van der Waals surface area contributed by atoms with Gasteiger partial charge in [0.1, 0.15) is 5.75 Å². The number of anilines is 1. The molecule has 1 fully saturated rings. The molecule has 1 aromatic heterocycles. The summed E-state index contributed by atoms with van der Waals surface area (Å²) in [6, 6.07) is 20.0. The molecule has 0 bridgehead atoms. The SMILES string of the molecule is Cc1ccc(NC(=O)N2CCC(Cc3cccc(Oc4ccc(C)cn4)c3)CC2)cc1. The normalized spacial score (nSPS) is 14.3. The van der Waals surface area contributed by atoms with Crippen LogP contribution in [-0.2, 0) is 6.42 Å². The van der Waals surface area contributed by atoms with E-state index in [0.29, 0.717) is 11.8 Å². The Balaban J connectivity index is 1.28. The molecule has 0 saturated carbocycles. The highest BCUT2D eigenvalue weighted by molar-refractivity contribution is 5.89. The van der Waals surface area contributed by atoms with E-state index in [1.54, 1.807) is 0 Å². The lowest BCUT2D eigenvalue weighted by Crippen LogP contribution is -2.41. The Labute approximate surface area is 184 Å². The largest absolute Gasteiger partial charge is 0.439 e. The average Bonchev–Trinajstić information content (AvgIpc) is 2.78. The van der Waals surface area contributed by atoms with Gasteiger partial charge in [-0.05, 0) is 74.4 Å². The molecule has 2 heterocycles. The third-order valence-electron chi connectivity index (χ3n) is 5.73. The second-order valence-corrected chi connectivity index (χ2v) is 8.35. The van der Waals surface area contributed by atoms with Crippen LogP contribution in [0.2, 0.25) is 0 Å². The van der Waals surface area contributed by atoms with Gasteiger partial charge in [0.2, 0.25) is 5.88 Å². The summed E-state index contributed by atoms with van der Waals surface area (Å²) in [6.45, 7) is 5.62. The summed E-state index contributed by atoms with van der Waals surface area (Å²) < 4.78 is 5.90. The Hall–Kier alpha value is -3.34. The summed E-state index contributed by atoms with van der Waals surface area (Å²) in [5.74, 6) is 1.98. The van der Waals surface area contributed by atoms with Crippen LogP contribution in [-0.4, -0.2) is 29.0 Å². The van der Waals surface area contributed by atoms with E-state index in [2.05, 4.69) is 22.4 Å². The molecule has 0 aliphatic carbocycles. The molecule has 0 atom stereocenters. The van der Waals surface area contributed by atoms with Gasteiger partial charge in [-0.1, -0.05) is 35.9 Å². The zero-order chi connectivity index (χ0) is 21.6.